The van der Waals surface area contributed by atoms with Crippen LogP contribution in [0.1, 0.15) is 0 Å². The summed E-state index contributed by atoms with van der Waals surface area (Å²) in [5.74, 6) is 0. The van der Waals surface area contributed by atoms with Crippen LogP contribution in [0.3, 0.4) is 0 Å². The molecule has 1 saturated heterocycles. The molecule has 0 aromatic carbocycles. The average molecular weight is 176 g/mol. The molecule has 0 bridgehead atoms. The summed E-state index contributed by atoms with van der Waals surface area (Å²) in [5.41, 5.74) is 0. The summed E-state index contributed by atoms with van der Waals surface area (Å²) in [5, 5.41) is 17.5. The minimum atomic E-state index is -1.29. The largest absolute Gasteiger partial charge is 0.509 e. The van der Waals surface area contributed by atoms with Crippen molar-refractivity contribution in [1.29, 1.82) is 0 Å². The first-order valence-electron chi connectivity index (χ1n) is 3.30. The molecule has 3 unspecified atom stereocenters. The molecule has 6 nitrogen and oxygen atoms in total. The third-order valence-corrected chi connectivity index (χ3v) is 1.49. The molecular weight excluding hydrogens is 168 g/mol. The molecule has 1 rings (SSSR count). The molecular formula is C6H8O6. The molecule has 1 aliphatic heterocycles. The number of aliphatic hydroxyl groups is 2. The topological polar surface area (TPSA) is 93.1 Å². The van der Waals surface area contributed by atoms with E-state index in [9.17, 15) is 9.59 Å². The van der Waals surface area contributed by atoms with E-state index in [4.69, 9.17) is 10.2 Å². The fourth-order valence-electron chi connectivity index (χ4n) is 0.891. The Labute approximate surface area is 67.7 Å². The molecule has 1 fully saturated rings. The van der Waals surface area contributed by atoms with E-state index in [1.54, 1.807) is 0 Å². The van der Waals surface area contributed by atoms with Crippen molar-refractivity contribution in [2.24, 2.45) is 0 Å². The van der Waals surface area contributed by atoms with Gasteiger partial charge in [-0.05, 0) is 0 Å². The van der Waals surface area contributed by atoms with Crippen molar-refractivity contribution in [3.63, 3.8) is 0 Å². The SMILES string of the molecule is O=CC1OC(=O)OC1C(O)CO. The first-order chi connectivity index (χ1) is 5.69. The van der Waals surface area contributed by atoms with Gasteiger partial charge in [0.05, 0.1) is 6.61 Å². The Morgan fingerprint density at radius 3 is 2.75 bits per heavy atom. The van der Waals surface area contributed by atoms with Crippen molar-refractivity contribution in [3.05, 3.63) is 0 Å². The van der Waals surface area contributed by atoms with Crippen LogP contribution in [0.5, 0.6) is 0 Å². The second-order valence-electron chi connectivity index (χ2n) is 2.30. The lowest BCUT2D eigenvalue weighted by Gasteiger charge is -2.14. The number of hydrogen-bond acceptors (Lipinski definition) is 6. The highest BCUT2D eigenvalue weighted by Gasteiger charge is 2.40. The predicted molar refractivity (Wildman–Crippen MR) is 34.3 cm³/mol. The fourth-order valence-corrected chi connectivity index (χ4v) is 0.891. The van der Waals surface area contributed by atoms with Crippen LogP contribution in [0, 0.1) is 0 Å². The summed E-state index contributed by atoms with van der Waals surface area (Å²) in [7, 11) is 0. The number of rotatable bonds is 3. The molecule has 0 aromatic rings. The third kappa shape index (κ3) is 1.54. The van der Waals surface area contributed by atoms with E-state index in [1.807, 2.05) is 0 Å². The van der Waals surface area contributed by atoms with Crippen molar-refractivity contribution in [2.75, 3.05) is 6.61 Å². The van der Waals surface area contributed by atoms with Crippen molar-refractivity contribution < 1.29 is 29.3 Å². The standard InChI is InChI=1S/C6H8O6/c7-1-3(9)5-4(2-8)11-6(10)12-5/h2-5,7,9H,1H2. The Morgan fingerprint density at radius 2 is 2.25 bits per heavy atom. The summed E-state index contributed by atoms with van der Waals surface area (Å²) in [4.78, 5) is 20.7. The van der Waals surface area contributed by atoms with E-state index in [1.165, 1.54) is 0 Å². The molecule has 6 heteroatoms. The van der Waals surface area contributed by atoms with Gasteiger partial charge in [-0.1, -0.05) is 0 Å². The maximum Gasteiger partial charge on any atom is 0.509 e. The maximum atomic E-state index is 10.4. The summed E-state index contributed by atoms with van der Waals surface area (Å²) in [6, 6.07) is 0. The van der Waals surface area contributed by atoms with Gasteiger partial charge < -0.3 is 19.7 Å². The quantitative estimate of drug-likeness (QED) is 0.399. The Kier molecular flexibility index (Phi) is 2.61. The Morgan fingerprint density at radius 1 is 1.58 bits per heavy atom. The van der Waals surface area contributed by atoms with Crippen LogP contribution in [0.4, 0.5) is 4.79 Å². The van der Waals surface area contributed by atoms with E-state index >= 15 is 0 Å². The molecule has 1 aliphatic rings. The molecule has 0 saturated carbocycles. The number of carbonyl (C=O) groups excluding carboxylic acids is 2. The Bertz CT molecular complexity index is 190. The summed E-state index contributed by atoms with van der Waals surface area (Å²) >= 11 is 0. The molecule has 12 heavy (non-hydrogen) atoms. The molecule has 0 amide bonds. The van der Waals surface area contributed by atoms with Gasteiger partial charge >= 0.3 is 6.16 Å². The van der Waals surface area contributed by atoms with E-state index in [2.05, 4.69) is 9.47 Å². The summed E-state index contributed by atoms with van der Waals surface area (Å²) in [6.45, 7) is -0.592. The van der Waals surface area contributed by atoms with Gasteiger partial charge in [0.25, 0.3) is 0 Å². The zero-order valence-electron chi connectivity index (χ0n) is 6.04. The van der Waals surface area contributed by atoms with Crippen LogP contribution in [0.2, 0.25) is 0 Å². The number of carbonyl (C=O) groups is 2. The molecule has 0 aliphatic carbocycles. The van der Waals surface area contributed by atoms with Gasteiger partial charge in [-0.3, -0.25) is 4.79 Å². The monoisotopic (exact) mass is 176 g/mol. The number of aliphatic hydroxyl groups excluding tert-OH is 2. The van der Waals surface area contributed by atoms with E-state index in [0.717, 1.165) is 0 Å². The lowest BCUT2D eigenvalue weighted by Crippen LogP contribution is -2.38. The molecule has 68 valence electrons. The average Bonchev–Trinajstić information content (AvgIpc) is 2.45. The first-order valence-corrected chi connectivity index (χ1v) is 3.30. The van der Waals surface area contributed by atoms with Crippen molar-refractivity contribution >= 4 is 12.4 Å². The van der Waals surface area contributed by atoms with Crippen LogP contribution in [-0.4, -0.2) is 47.6 Å². The smallest absolute Gasteiger partial charge is 0.424 e. The highest BCUT2D eigenvalue weighted by Crippen LogP contribution is 2.16. The van der Waals surface area contributed by atoms with Gasteiger partial charge in [-0.25, -0.2) is 4.79 Å². The van der Waals surface area contributed by atoms with Gasteiger partial charge in [0, 0.05) is 0 Å². The fraction of sp³-hybridized carbons (Fsp3) is 0.667. The van der Waals surface area contributed by atoms with E-state index in [0.29, 0.717) is 6.29 Å². The molecule has 3 atom stereocenters. The highest BCUT2D eigenvalue weighted by atomic mass is 16.8. The Balaban J connectivity index is 2.62. The van der Waals surface area contributed by atoms with Gasteiger partial charge in [-0.2, -0.15) is 0 Å². The van der Waals surface area contributed by atoms with Crippen molar-refractivity contribution in [1.82, 2.24) is 0 Å². The minimum absolute atomic E-state index is 0.342. The number of aldehydes is 1. The van der Waals surface area contributed by atoms with Crippen LogP contribution in [0.15, 0.2) is 0 Å². The van der Waals surface area contributed by atoms with Crippen molar-refractivity contribution in [3.8, 4) is 0 Å². The second kappa shape index (κ2) is 3.51. The van der Waals surface area contributed by atoms with Gasteiger partial charge in [-0.15, -0.1) is 0 Å². The van der Waals surface area contributed by atoms with Gasteiger partial charge in [0.15, 0.2) is 18.5 Å². The zero-order valence-corrected chi connectivity index (χ0v) is 6.04. The minimum Gasteiger partial charge on any atom is -0.424 e. The van der Waals surface area contributed by atoms with Crippen LogP contribution < -0.4 is 0 Å². The summed E-state index contributed by atoms with van der Waals surface area (Å²) < 4.78 is 8.76. The second-order valence-corrected chi connectivity index (χ2v) is 2.30. The van der Waals surface area contributed by atoms with Crippen LogP contribution in [0.25, 0.3) is 0 Å². The predicted octanol–water partition coefficient (Wildman–Crippen LogP) is -1.56. The van der Waals surface area contributed by atoms with Crippen molar-refractivity contribution in [2.45, 2.75) is 18.3 Å². The third-order valence-electron chi connectivity index (χ3n) is 1.49. The number of cyclic esters (lactones) is 2. The van der Waals surface area contributed by atoms with Crippen LogP contribution in [-0.2, 0) is 14.3 Å². The zero-order chi connectivity index (χ0) is 9.14. The van der Waals surface area contributed by atoms with Crippen LogP contribution >= 0.6 is 0 Å². The lowest BCUT2D eigenvalue weighted by molar-refractivity contribution is -0.117. The van der Waals surface area contributed by atoms with Gasteiger partial charge in [0.2, 0.25) is 0 Å². The van der Waals surface area contributed by atoms with E-state index in [-0.39, 0.29) is 0 Å². The first kappa shape index (κ1) is 8.95. The number of hydrogen-bond donors (Lipinski definition) is 2. The molecule has 1 heterocycles. The molecule has 0 spiro atoms. The molecule has 2 N–H and O–H groups in total. The summed E-state index contributed by atoms with van der Waals surface area (Å²) in [6.07, 6.45) is -4.18. The maximum absolute atomic E-state index is 10.4. The normalized spacial score (nSPS) is 30.7. The lowest BCUT2D eigenvalue weighted by atomic mass is 10.1. The Hall–Kier alpha value is -1.14. The number of ether oxygens (including phenoxy) is 2. The molecule has 0 radical (unpaired) electrons. The van der Waals surface area contributed by atoms with E-state index < -0.39 is 31.1 Å². The van der Waals surface area contributed by atoms with Gasteiger partial charge in [0.1, 0.15) is 6.10 Å². The highest BCUT2D eigenvalue weighted by molar-refractivity contribution is 5.70. The molecule has 0 aromatic heterocycles.